The Morgan fingerprint density at radius 1 is 1.42 bits per heavy atom. The summed E-state index contributed by atoms with van der Waals surface area (Å²) in [6.45, 7) is 2.47. The van der Waals surface area contributed by atoms with E-state index in [0.717, 1.165) is 12.4 Å². The zero-order chi connectivity index (χ0) is 13.2. The second-order valence-electron chi connectivity index (χ2n) is 4.95. The Bertz CT molecular complexity index is 558. The molecule has 0 bridgehead atoms. The van der Waals surface area contributed by atoms with E-state index in [9.17, 15) is 4.79 Å². The molecule has 98 valence electrons. The average molecular weight is 272 g/mol. The van der Waals surface area contributed by atoms with E-state index >= 15 is 0 Å². The molecule has 0 unspecified atom stereocenters. The zero-order valence-electron chi connectivity index (χ0n) is 10.9. The highest BCUT2D eigenvalue weighted by atomic mass is 32.1. The van der Waals surface area contributed by atoms with Gasteiger partial charge in [0, 0.05) is 24.3 Å². The van der Waals surface area contributed by atoms with Gasteiger partial charge in [-0.15, -0.1) is 0 Å². The highest BCUT2D eigenvalue weighted by Gasteiger charge is 2.30. The van der Waals surface area contributed by atoms with Gasteiger partial charge in [0.25, 0.3) is 0 Å². The van der Waals surface area contributed by atoms with Crippen LogP contribution in [0.4, 0.5) is 5.82 Å². The second kappa shape index (κ2) is 5.13. The molecule has 0 aromatic carbocycles. The van der Waals surface area contributed by atoms with Crippen molar-refractivity contribution in [3.8, 4) is 0 Å². The molecular weight excluding hydrogens is 256 g/mol. The number of Topliss-reactive ketones (excluding diaryl/α,β-unsaturated/α-hetero) is 1. The topological polar surface area (TPSA) is 33.2 Å². The molecule has 0 atom stereocenters. The van der Waals surface area contributed by atoms with Crippen molar-refractivity contribution in [2.24, 2.45) is 0 Å². The lowest BCUT2D eigenvalue weighted by molar-refractivity contribution is 0.101. The van der Waals surface area contributed by atoms with Gasteiger partial charge in [-0.3, -0.25) is 4.79 Å². The molecule has 0 N–H and O–H groups in total. The van der Waals surface area contributed by atoms with Crippen LogP contribution in [0.15, 0.2) is 35.2 Å². The van der Waals surface area contributed by atoms with Crippen molar-refractivity contribution >= 4 is 22.9 Å². The molecule has 0 saturated heterocycles. The predicted molar refractivity (Wildman–Crippen MR) is 77.8 cm³/mol. The van der Waals surface area contributed by atoms with Gasteiger partial charge >= 0.3 is 0 Å². The molecule has 1 aliphatic carbocycles. The fraction of sp³-hybridized carbons (Fsp3) is 0.333. The molecule has 0 aliphatic heterocycles. The van der Waals surface area contributed by atoms with Crippen molar-refractivity contribution in [1.82, 2.24) is 4.98 Å². The number of aromatic nitrogens is 1. The first-order chi connectivity index (χ1) is 9.24. The van der Waals surface area contributed by atoms with Gasteiger partial charge < -0.3 is 4.90 Å². The Kier molecular flexibility index (Phi) is 3.34. The molecule has 0 amide bonds. The summed E-state index contributed by atoms with van der Waals surface area (Å²) < 4.78 is 0. The van der Waals surface area contributed by atoms with E-state index in [-0.39, 0.29) is 5.78 Å². The molecule has 1 saturated carbocycles. The van der Waals surface area contributed by atoms with Gasteiger partial charge in [-0.1, -0.05) is 0 Å². The standard InChI is InChI=1S/C15H16N2OS/c1-11(18)13-2-5-15(16-8-13)17(14-3-4-14)9-12-6-7-19-10-12/h2,5-8,10,14H,3-4,9H2,1H3. The van der Waals surface area contributed by atoms with Gasteiger partial charge in [0.2, 0.25) is 0 Å². The van der Waals surface area contributed by atoms with Crippen LogP contribution in [0.25, 0.3) is 0 Å². The lowest BCUT2D eigenvalue weighted by Gasteiger charge is -2.23. The van der Waals surface area contributed by atoms with Gasteiger partial charge in [0.1, 0.15) is 5.82 Å². The van der Waals surface area contributed by atoms with Crippen molar-refractivity contribution < 1.29 is 4.79 Å². The minimum atomic E-state index is 0.0647. The normalized spacial score (nSPS) is 14.4. The number of nitrogens with zero attached hydrogens (tertiary/aromatic N) is 2. The lowest BCUT2D eigenvalue weighted by atomic mass is 10.2. The Morgan fingerprint density at radius 2 is 2.26 bits per heavy atom. The Balaban J connectivity index is 1.81. The Labute approximate surface area is 116 Å². The van der Waals surface area contributed by atoms with Crippen molar-refractivity contribution in [3.05, 3.63) is 46.3 Å². The van der Waals surface area contributed by atoms with Crippen LogP contribution in [0, 0.1) is 0 Å². The first kappa shape index (κ1) is 12.4. The van der Waals surface area contributed by atoms with Crippen molar-refractivity contribution in [1.29, 1.82) is 0 Å². The molecule has 1 fully saturated rings. The van der Waals surface area contributed by atoms with Crippen LogP contribution in [-0.4, -0.2) is 16.8 Å². The van der Waals surface area contributed by atoms with Crippen LogP contribution in [-0.2, 0) is 6.54 Å². The van der Waals surface area contributed by atoms with Gasteiger partial charge in [0.05, 0.1) is 0 Å². The average Bonchev–Trinajstić information content (AvgIpc) is 3.13. The highest BCUT2D eigenvalue weighted by Crippen LogP contribution is 2.32. The maximum absolute atomic E-state index is 11.3. The number of pyridine rings is 1. The van der Waals surface area contributed by atoms with E-state index in [2.05, 4.69) is 26.7 Å². The maximum atomic E-state index is 11.3. The number of hydrogen-bond acceptors (Lipinski definition) is 4. The molecule has 2 aromatic rings. The van der Waals surface area contributed by atoms with Gasteiger partial charge in [0.15, 0.2) is 5.78 Å². The number of rotatable bonds is 5. The molecule has 2 aromatic heterocycles. The molecule has 2 heterocycles. The Hall–Kier alpha value is -1.68. The number of carbonyl (C=O) groups is 1. The number of anilines is 1. The van der Waals surface area contributed by atoms with Crippen LogP contribution in [0.2, 0.25) is 0 Å². The summed E-state index contributed by atoms with van der Waals surface area (Å²) in [5.74, 6) is 1.04. The minimum Gasteiger partial charge on any atom is -0.349 e. The third-order valence-electron chi connectivity index (χ3n) is 3.37. The van der Waals surface area contributed by atoms with Crippen LogP contribution in [0.3, 0.4) is 0 Å². The molecule has 3 rings (SSSR count). The Morgan fingerprint density at radius 3 is 2.79 bits per heavy atom. The monoisotopic (exact) mass is 272 g/mol. The van der Waals surface area contributed by atoms with E-state index < -0.39 is 0 Å². The smallest absolute Gasteiger partial charge is 0.161 e. The van der Waals surface area contributed by atoms with Crippen molar-refractivity contribution in [2.75, 3.05) is 4.90 Å². The fourth-order valence-electron chi connectivity index (χ4n) is 2.13. The summed E-state index contributed by atoms with van der Waals surface area (Å²) in [5.41, 5.74) is 2.00. The van der Waals surface area contributed by atoms with E-state index in [1.165, 1.54) is 18.4 Å². The predicted octanol–water partition coefficient (Wildman–Crippen LogP) is 3.51. The van der Waals surface area contributed by atoms with E-state index in [1.54, 1.807) is 24.5 Å². The third kappa shape index (κ3) is 2.84. The number of hydrogen-bond donors (Lipinski definition) is 0. The van der Waals surface area contributed by atoms with E-state index in [0.29, 0.717) is 11.6 Å². The molecule has 0 spiro atoms. The lowest BCUT2D eigenvalue weighted by Crippen LogP contribution is -2.25. The molecule has 1 aliphatic rings. The first-order valence-corrected chi connectivity index (χ1v) is 7.43. The summed E-state index contributed by atoms with van der Waals surface area (Å²) >= 11 is 1.72. The SMILES string of the molecule is CC(=O)c1ccc(N(Cc2ccsc2)C2CC2)nc1. The highest BCUT2D eigenvalue weighted by molar-refractivity contribution is 7.07. The molecule has 3 nitrogen and oxygen atoms in total. The van der Waals surface area contributed by atoms with Crippen LogP contribution < -0.4 is 4.90 Å². The summed E-state index contributed by atoms with van der Waals surface area (Å²) in [6.07, 6.45) is 4.15. The second-order valence-corrected chi connectivity index (χ2v) is 5.73. The van der Waals surface area contributed by atoms with Gasteiger partial charge in [-0.05, 0) is 54.3 Å². The molecule has 4 heteroatoms. The zero-order valence-corrected chi connectivity index (χ0v) is 11.7. The van der Waals surface area contributed by atoms with Gasteiger partial charge in [-0.2, -0.15) is 11.3 Å². The molecule has 19 heavy (non-hydrogen) atoms. The van der Waals surface area contributed by atoms with Crippen LogP contribution >= 0.6 is 11.3 Å². The number of thiophene rings is 1. The summed E-state index contributed by atoms with van der Waals surface area (Å²) in [4.78, 5) is 18.1. The van der Waals surface area contributed by atoms with Crippen molar-refractivity contribution in [2.45, 2.75) is 32.4 Å². The van der Waals surface area contributed by atoms with Gasteiger partial charge in [-0.25, -0.2) is 4.98 Å². The van der Waals surface area contributed by atoms with Crippen LogP contribution in [0.1, 0.15) is 35.7 Å². The summed E-state index contributed by atoms with van der Waals surface area (Å²) in [5, 5.41) is 4.28. The fourth-order valence-corrected chi connectivity index (χ4v) is 2.79. The summed E-state index contributed by atoms with van der Waals surface area (Å²) in [6, 6.07) is 6.59. The molecular formula is C15H16N2OS. The van der Waals surface area contributed by atoms with E-state index in [4.69, 9.17) is 0 Å². The summed E-state index contributed by atoms with van der Waals surface area (Å²) in [7, 11) is 0. The van der Waals surface area contributed by atoms with Crippen molar-refractivity contribution in [3.63, 3.8) is 0 Å². The largest absolute Gasteiger partial charge is 0.349 e. The third-order valence-corrected chi connectivity index (χ3v) is 4.10. The quantitative estimate of drug-likeness (QED) is 0.781. The minimum absolute atomic E-state index is 0.0647. The maximum Gasteiger partial charge on any atom is 0.161 e. The number of ketones is 1. The van der Waals surface area contributed by atoms with Crippen LogP contribution in [0.5, 0.6) is 0 Å². The molecule has 0 radical (unpaired) electrons. The first-order valence-electron chi connectivity index (χ1n) is 6.49. The van der Waals surface area contributed by atoms with E-state index in [1.807, 2.05) is 12.1 Å². The number of carbonyl (C=O) groups excluding carboxylic acids is 1.